The van der Waals surface area contributed by atoms with Gasteiger partial charge in [-0.25, -0.2) is 0 Å². The van der Waals surface area contributed by atoms with E-state index in [2.05, 4.69) is 20.4 Å². The van der Waals surface area contributed by atoms with E-state index < -0.39 is 17.9 Å². The molecule has 2 aromatic heterocycles. The van der Waals surface area contributed by atoms with E-state index in [9.17, 15) is 18.0 Å². The molecule has 136 valence electrons. The SMILES string of the molecule is C[C@H](NC(=O)CC(C)(C)C)c1nc(-c2ccnc(C(F)(F)F)c2)no1. The number of amides is 1. The van der Waals surface area contributed by atoms with Crippen LogP contribution in [0.15, 0.2) is 22.9 Å². The molecular weight excluding hydrogens is 337 g/mol. The monoisotopic (exact) mass is 356 g/mol. The second-order valence-electron chi connectivity index (χ2n) is 6.91. The van der Waals surface area contributed by atoms with Crippen LogP contribution in [-0.4, -0.2) is 21.0 Å². The summed E-state index contributed by atoms with van der Waals surface area (Å²) in [6.45, 7) is 7.46. The molecule has 6 nitrogen and oxygen atoms in total. The van der Waals surface area contributed by atoms with Crippen LogP contribution in [-0.2, 0) is 11.0 Å². The Morgan fingerprint density at radius 2 is 2.00 bits per heavy atom. The number of halogens is 3. The van der Waals surface area contributed by atoms with E-state index in [0.717, 1.165) is 12.3 Å². The molecule has 25 heavy (non-hydrogen) atoms. The van der Waals surface area contributed by atoms with Crippen molar-refractivity contribution in [2.75, 3.05) is 0 Å². The van der Waals surface area contributed by atoms with Gasteiger partial charge in [-0.05, 0) is 24.5 Å². The molecule has 2 rings (SSSR count). The van der Waals surface area contributed by atoms with E-state index in [0.29, 0.717) is 6.42 Å². The van der Waals surface area contributed by atoms with Gasteiger partial charge in [-0.3, -0.25) is 9.78 Å². The molecule has 0 aliphatic rings. The van der Waals surface area contributed by atoms with E-state index in [-0.39, 0.29) is 28.6 Å². The number of hydrogen-bond acceptors (Lipinski definition) is 5. The van der Waals surface area contributed by atoms with E-state index >= 15 is 0 Å². The first-order valence-electron chi connectivity index (χ1n) is 7.62. The van der Waals surface area contributed by atoms with Crippen molar-refractivity contribution in [3.8, 4) is 11.4 Å². The summed E-state index contributed by atoms with van der Waals surface area (Å²) >= 11 is 0. The first-order chi connectivity index (χ1) is 11.5. The Balaban J connectivity index is 2.13. The van der Waals surface area contributed by atoms with Crippen LogP contribution in [0.5, 0.6) is 0 Å². The summed E-state index contributed by atoms with van der Waals surface area (Å²) in [7, 11) is 0. The fraction of sp³-hybridized carbons (Fsp3) is 0.500. The molecule has 0 aromatic carbocycles. The average molecular weight is 356 g/mol. The second-order valence-corrected chi connectivity index (χ2v) is 6.91. The molecule has 0 bridgehead atoms. The fourth-order valence-electron chi connectivity index (χ4n) is 2.09. The van der Waals surface area contributed by atoms with Crippen LogP contribution in [0.25, 0.3) is 11.4 Å². The Hall–Kier alpha value is -2.45. The molecule has 1 atom stereocenters. The summed E-state index contributed by atoms with van der Waals surface area (Å²) < 4.78 is 43.2. The summed E-state index contributed by atoms with van der Waals surface area (Å²) in [6, 6.07) is 1.64. The lowest BCUT2D eigenvalue weighted by Crippen LogP contribution is -2.30. The molecule has 1 N–H and O–H groups in total. The van der Waals surface area contributed by atoms with E-state index in [1.54, 1.807) is 6.92 Å². The maximum atomic E-state index is 12.7. The molecule has 0 fully saturated rings. The molecule has 0 aliphatic heterocycles. The minimum atomic E-state index is -4.56. The highest BCUT2D eigenvalue weighted by Crippen LogP contribution is 2.30. The Morgan fingerprint density at radius 3 is 2.60 bits per heavy atom. The maximum absolute atomic E-state index is 12.7. The molecule has 2 heterocycles. The van der Waals surface area contributed by atoms with Gasteiger partial charge in [0.05, 0.1) is 0 Å². The van der Waals surface area contributed by atoms with Gasteiger partial charge in [0, 0.05) is 18.2 Å². The summed E-state index contributed by atoms with van der Waals surface area (Å²) in [5.74, 6) is -0.0644. The van der Waals surface area contributed by atoms with Gasteiger partial charge in [-0.2, -0.15) is 18.2 Å². The summed E-state index contributed by atoms with van der Waals surface area (Å²) in [5.41, 5.74) is -1.08. The van der Waals surface area contributed by atoms with Crippen molar-refractivity contribution in [2.45, 2.75) is 46.3 Å². The lowest BCUT2D eigenvalue weighted by atomic mass is 9.92. The number of nitrogens with one attached hydrogen (secondary N) is 1. The molecular formula is C16H19F3N4O2. The van der Waals surface area contributed by atoms with Crippen LogP contribution in [0.2, 0.25) is 0 Å². The van der Waals surface area contributed by atoms with Crippen LogP contribution in [0, 0.1) is 5.41 Å². The third-order valence-electron chi connectivity index (χ3n) is 3.19. The van der Waals surface area contributed by atoms with Crippen molar-refractivity contribution in [1.29, 1.82) is 0 Å². The van der Waals surface area contributed by atoms with Gasteiger partial charge in [-0.1, -0.05) is 25.9 Å². The lowest BCUT2D eigenvalue weighted by Gasteiger charge is -2.18. The van der Waals surface area contributed by atoms with Crippen molar-refractivity contribution < 1.29 is 22.5 Å². The number of carbonyl (C=O) groups is 1. The van der Waals surface area contributed by atoms with Crippen LogP contribution in [0.3, 0.4) is 0 Å². The molecule has 0 spiro atoms. The average Bonchev–Trinajstić information content (AvgIpc) is 2.94. The number of alkyl halides is 3. The standard InChI is InChI=1S/C16H19F3N4O2/c1-9(21-12(24)8-15(2,3)4)14-22-13(23-25-14)10-5-6-20-11(7-10)16(17,18)19/h5-7,9H,8H2,1-4H3,(H,21,24)/t9-/m0/s1. The number of rotatable bonds is 4. The number of hydrogen-bond donors (Lipinski definition) is 1. The van der Waals surface area contributed by atoms with Crippen molar-refractivity contribution >= 4 is 5.91 Å². The first-order valence-corrected chi connectivity index (χ1v) is 7.62. The second kappa shape index (κ2) is 6.81. The number of aromatic nitrogens is 3. The number of pyridine rings is 1. The molecule has 0 saturated heterocycles. The van der Waals surface area contributed by atoms with Crippen LogP contribution >= 0.6 is 0 Å². The Bertz CT molecular complexity index is 750. The van der Waals surface area contributed by atoms with Gasteiger partial charge >= 0.3 is 6.18 Å². The van der Waals surface area contributed by atoms with Crippen molar-refractivity contribution in [3.63, 3.8) is 0 Å². The van der Waals surface area contributed by atoms with E-state index in [4.69, 9.17) is 4.52 Å². The quantitative estimate of drug-likeness (QED) is 0.902. The lowest BCUT2D eigenvalue weighted by molar-refractivity contribution is -0.141. The van der Waals surface area contributed by atoms with Crippen LogP contribution in [0.4, 0.5) is 13.2 Å². The molecule has 9 heteroatoms. The van der Waals surface area contributed by atoms with Gasteiger partial charge in [0.25, 0.3) is 0 Å². The molecule has 2 aromatic rings. The molecule has 0 saturated carbocycles. The Kier molecular flexibility index (Phi) is 5.15. The van der Waals surface area contributed by atoms with Crippen molar-refractivity contribution in [2.24, 2.45) is 5.41 Å². The smallest absolute Gasteiger partial charge is 0.345 e. The van der Waals surface area contributed by atoms with Crippen LogP contribution < -0.4 is 5.32 Å². The van der Waals surface area contributed by atoms with E-state index in [1.165, 1.54) is 6.07 Å². The van der Waals surface area contributed by atoms with Gasteiger partial charge < -0.3 is 9.84 Å². The normalized spacial score (nSPS) is 13.6. The zero-order valence-electron chi connectivity index (χ0n) is 14.3. The highest BCUT2D eigenvalue weighted by Gasteiger charge is 2.33. The zero-order chi connectivity index (χ0) is 18.8. The first kappa shape index (κ1) is 18.9. The minimum absolute atomic E-state index is 0.000166. The molecule has 0 aliphatic carbocycles. The van der Waals surface area contributed by atoms with Gasteiger partial charge in [-0.15, -0.1) is 0 Å². The predicted molar refractivity (Wildman–Crippen MR) is 83.2 cm³/mol. The Morgan fingerprint density at radius 1 is 1.32 bits per heavy atom. The minimum Gasteiger partial charge on any atom is -0.345 e. The summed E-state index contributed by atoms with van der Waals surface area (Å²) in [6.07, 6.45) is -3.21. The van der Waals surface area contributed by atoms with Crippen molar-refractivity contribution in [1.82, 2.24) is 20.4 Å². The fourth-order valence-corrected chi connectivity index (χ4v) is 2.09. The van der Waals surface area contributed by atoms with Crippen molar-refractivity contribution in [3.05, 3.63) is 29.9 Å². The topological polar surface area (TPSA) is 80.9 Å². The third-order valence-corrected chi connectivity index (χ3v) is 3.19. The highest BCUT2D eigenvalue weighted by molar-refractivity contribution is 5.76. The molecule has 1 amide bonds. The number of carbonyl (C=O) groups excluding carboxylic acids is 1. The largest absolute Gasteiger partial charge is 0.433 e. The van der Waals surface area contributed by atoms with Gasteiger partial charge in [0.1, 0.15) is 11.7 Å². The molecule has 0 radical (unpaired) electrons. The predicted octanol–water partition coefficient (Wildman–Crippen LogP) is 3.76. The summed E-state index contributed by atoms with van der Waals surface area (Å²) in [5, 5.41) is 6.41. The molecule has 0 unspecified atom stereocenters. The van der Waals surface area contributed by atoms with Gasteiger partial charge in [0.15, 0.2) is 0 Å². The van der Waals surface area contributed by atoms with Gasteiger partial charge in [0.2, 0.25) is 17.6 Å². The number of nitrogens with zero attached hydrogens (tertiary/aromatic N) is 3. The third kappa shape index (κ3) is 5.27. The van der Waals surface area contributed by atoms with E-state index in [1.807, 2.05) is 20.8 Å². The maximum Gasteiger partial charge on any atom is 0.433 e. The highest BCUT2D eigenvalue weighted by atomic mass is 19.4. The van der Waals surface area contributed by atoms with Crippen LogP contribution in [0.1, 0.15) is 51.7 Å². The Labute approximate surface area is 142 Å². The summed E-state index contributed by atoms with van der Waals surface area (Å²) in [4.78, 5) is 19.3. The zero-order valence-corrected chi connectivity index (χ0v) is 14.3.